The number of aromatic nitrogens is 2. The third-order valence-electron chi connectivity index (χ3n) is 2.18. The standard InChI is InChI=1S/C11H21N3O/c1-10(2)15-9-6-12-4-7-14-8-5-13-11(14)3/h5,8,10,12H,4,6-7,9H2,1-3H3. The molecular weight excluding hydrogens is 190 g/mol. The van der Waals surface area contributed by atoms with Gasteiger partial charge in [0.2, 0.25) is 0 Å². The normalized spacial score (nSPS) is 11.2. The van der Waals surface area contributed by atoms with Crippen molar-refractivity contribution in [1.29, 1.82) is 0 Å². The van der Waals surface area contributed by atoms with Gasteiger partial charge >= 0.3 is 0 Å². The van der Waals surface area contributed by atoms with Crippen LogP contribution in [0.3, 0.4) is 0 Å². The van der Waals surface area contributed by atoms with Crippen molar-refractivity contribution >= 4 is 0 Å². The Bertz CT molecular complexity index is 271. The highest BCUT2D eigenvalue weighted by Crippen LogP contribution is 1.93. The first kappa shape index (κ1) is 12.2. The quantitative estimate of drug-likeness (QED) is 0.689. The summed E-state index contributed by atoms with van der Waals surface area (Å²) in [4.78, 5) is 4.17. The molecule has 0 atom stereocenters. The maximum absolute atomic E-state index is 5.42. The van der Waals surface area contributed by atoms with E-state index >= 15 is 0 Å². The highest BCUT2D eigenvalue weighted by atomic mass is 16.5. The van der Waals surface area contributed by atoms with Gasteiger partial charge in [-0.05, 0) is 20.8 Å². The van der Waals surface area contributed by atoms with E-state index in [2.05, 4.69) is 28.7 Å². The molecule has 1 aromatic heterocycles. The van der Waals surface area contributed by atoms with Gasteiger partial charge in [-0.15, -0.1) is 0 Å². The Labute approximate surface area is 91.7 Å². The fourth-order valence-corrected chi connectivity index (χ4v) is 1.33. The van der Waals surface area contributed by atoms with E-state index in [1.807, 2.05) is 19.3 Å². The molecule has 0 radical (unpaired) electrons. The maximum Gasteiger partial charge on any atom is 0.105 e. The van der Waals surface area contributed by atoms with E-state index in [9.17, 15) is 0 Å². The minimum atomic E-state index is 0.322. The number of imidazole rings is 1. The molecule has 1 rings (SSSR count). The van der Waals surface area contributed by atoms with Gasteiger partial charge in [-0.25, -0.2) is 4.98 Å². The Balaban J connectivity index is 2.00. The number of nitrogens with one attached hydrogen (secondary N) is 1. The average molecular weight is 211 g/mol. The van der Waals surface area contributed by atoms with Crippen molar-refractivity contribution in [1.82, 2.24) is 14.9 Å². The molecule has 0 saturated carbocycles. The number of rotatable bonds is 7. The molecule has 15 heavy (non-hydrogen) atoms. The van der Waals surface area contributed by atoms with Crippen LogP contribution in [0.25, 0.3) is 0 Å². The summed E-state index contributed by atoms with van der Waals surface area (Å²) in [6.45, 7) is 9.73. The zero-order chi connectivity index (χ0) is 11.1. The lowest BCUT2D eigenvalue weighted by atomic mass is 10.5. The molecule has 0 fully saturated rings. The molecule has 0 saturated heterocycles. The number of ether oxygens (including phenoxy) is 1. The van der Waals surface area contributed by atoms with E-state index in [4.69, 9.17) is 4.74 Å². The van der Waals surface area contributed by atoms with Crippen LogP contribution in [-0.4, -0.2) is 35.4 Å². The van der Waals surface area contributed by atoms with Crippen LogP contribution >= 0.6 is 0 Å². The van der Waals surface area contributed by atoms with Crippen LogP contribution in [-0.2, 0) is 11.3 Å². The molecule has 0 aromatic carbocycles. The Kier molecular flexibility index (Phi) is 5.36. The molecule has 0 bridgehead atoms. The Hall–Kier alpha value is -0.870. The largest absolute Gasteiger partial charge is 0.377 e. The number of aryl methyl sites for hydroxylation is 1. The molecule has 1 heterocycles. The van der Waals surface area contributed by atoms with Gasteiger partial charge in [-0.2, -0.15) is 0 Å². The number of hydrogen-bond acceptors (Lipinski definition) is 3. The first-order valence-electron chi connectivity index (χ1n) is 5.50. The van der Waals surface area contributed by atoms with Crippen LogP contribution in [0.5, 0.6) is 0 Å². The SMILES string of the molecule is Cc1nccn1CCNCCOC(C)C. The van der Waals surface area contributed by atoms with Gasteiger partial charge in [0.25, 0.3) is 0 Å². The van der Waals surface area contributed by atoms with Gasteiger partial charge in [0.15, 0.2) is 0 Å². The van der Waals surface area contributed by atoms with Crippen LogP contribution in [0.2, 0.25) is 0 Å². The lowest BCUT2D eigenvalue weighted by Crippen LogP contribution is -2.25. The zero-order valence-corrected chi connectivity index (χ0v) is 9.86. The molecule has 1 aromatic rings. The van der Waals surface area contributed by atoms with Gasteiger partial charge in [-0.1, -0.05) is 0 Å². The van der Waals surface area contributed by atoms with Gasteiger partial charge in [0.05, 0.1) is 12.7 Å². The van der Waals surface area contributed by atoms with Gasteiger partial charge in [-0.3, -0.25) is 0 Å². The van der Waals surface area contributed by atoms with Gasteiger partial charge in [0.1, 0.15) is 5.82 Å². The molecule has 0 spiro atoms. The summed E-state index contributed by atoms with van der Waals surface area (Å²) in [5, 5.41) is 3.33. The van der Waals surface area contributed by atoms with Crippen LogP contribution in [0.4, 0.5) is 0 Å². The summed E-state index contributed by atoms with van der Waals surface area (Å²) in [6.07, 6.45) is 4.15. The highest BCUT2D eigenvalue weighted by Gasteiger charge is 1.96. The number of hydrogen-bond donors (Lipinski definition) is 1. The lowest BCUT2D eigenvalue weighted by Gasteiger charge is -2.09. The second kappa shape index (κ2) is 6.58. The van der Waals surface area contributed by atoms with Crippen molar-refractivity contribution in [3.8, 4) is 0 Å². The molecule has 0 amide bonds. The minimum Gasteiger partial charge on any atom is -0.377 e. The van der Waals surface area contributed by atoms with E-state index < -0.39 is 0 Å². The highest BCUT2D eigenvalue weighted by molar-refractivity contribution is 4.88. The summed E-state index contributed by atoms with van der Waals surface area (Å²) in [5.41, 5.74) is 0. The summed E-state index contributed by atoms with van der Waals surface area (Å²) >= 11 is 0. The summed E-state index contributed by atoms with van der Waals surface area (Å²) in [5.74, 6) is 1.07. The predicted molar refractivity (Wildman–Crippen MR) is 60.9 cm³/mol. The van der Waals surface area contributed by atoms with Crippen LogP contribution in [0.1, 0.15) is 19.7 Å². The topological polar surface area (TPSA) is 39.1 Å². The third-order valence-corrected chi connectivity index (χ3v) is 2.18. The van der Waals surface area contributed by atoms with E-state index in [0.29, 0.717) is 6.10 Å². The molecule has 86 valence electrons. The molecule has 0 aliphatic carbocycles. The Morgan fingerprint density at radius 1 is 1.47 bits per heavy atom. The first-order valence-corrected chi connectivity index (χ1v) is 5.50. The maximum atomic E-state index is 5.42. The fourth-order valence-electron chi connectivity index (χ4n) is 1.33. The van der Waals surface area contributed by atoms with E-state index in [0.717, 1.165) is 32.1 Å². The molecule has 4 heteroatoms. The Morgan fingerprint density at radius 3 is 2.87 bits per heavy atom. The van der Waals surface area contributed by atoms with Crippen molar-refractivity contribution in [2.45, 2.75) is 33.4 Å². The van der Waals surface area contributed by atoms with Crippen LogP contribution in [0, 0.1) is 6.92 Å². The summed E-state index contributed by atoms with van der Waals surface area (Å²) < 4.78 is 7.56. The Morgan fingerprint density at radius 2 is 2.27 bits per heavy atom. The van der Waals surface area contributed by atoms with E-state index in [-0.39, 0.29) is 0 Å². The van der Waals surface area contributed by atoms with Gasteiger partial charge in [0, 0.05) is 32.0 Å². The second-order valence-corrected chi connectivity index (χ2v) is 3.84. The van der Waals surface area contributed by atoms with Crippen LogP contribution in [0.15, 0.2) is 12.4 Å². The molecule has 0 aliphatic rings. The van der Waals surface area contributed by atoms with Crippen molar-refractivity contribution < 1.29 is 4.74 Å². The minimum absolute atomic E-state index is 0.322. The smallest absolute Gasteiger partial charge is 0.105 e. The van der Waals surface area contributed by atoms with Crippen molar-refractivity contribution in [3.63, 3.8) is 0 Å². The second-order valence-electron chi connectivity index (χ2n) is 3.84. The molecule has 0 aliphatic heterocycles. The van der Waals surface area contributed by atoms with Crippen LogP contribution < -0.4 is 5.32 Å². The molecular formula is C11H21N3O. The fraction of sp³-hybridized carbons (Fsp3) is 0.727. The van der Waals surface area contributed by atoms with E-state index in [1.54, 1.807) is 0 Å². The van der Waals surface area contributed by atoms with Crippen molar-refractivity contribution in [2.24, 2.45) is 0 Å². The molecule has 4 nitrogen and oxygen atoms in total. The third kappa shape index (κ3) is 4.95. The van der Waals surface area contributed by atoms with E-state index in [1.165, 1.54) is 0 Å². The number of nitrogens with zero attached hydrogens (tertiary/aromatic N) is 2. The lowest BCUT2D eigenvalue weighted by molar-refractivity contribution is 0.0808. The molecule has 0 unspecified atom stereocenters. The van der Waals surface area contributed by atoms with Crippen molar-refractivity contribution in [3.05, 3.63) is 18.2 Å². The predicted octanol–water partition coefficient (Wildman–Crippen LogP) is 1.21. The first-order chi connectivity index (χ1) is 7.20. The molecule has 1 N–H and O–H groups in total. The summed E-state index contributed by atoms with van der Waals surface area (Å²) in [7, 11) is 0. The summed E-state index contributed by atoms with van der Waals surface area (Å²) in [6, 6.07) is 0. The monoisotopic (exact) mass is 211 g/mol. The van der Waals surface area contributed by atoms with Crippen molar-refractivity contribution in [2.75, 3.05) is 19.7 Å². The zero-order valence-electron chi connectivity index (χ0n) is 9.86. The van der Waals surface area contributed by atoms with Gasteiger partial charge < -0.3 is 14.6 Å². The average Bonchev–Trinajstić information content (AvgIpc) is 2.57.